The molecule has 0 amide bonds. The van der Waals surface area contributed by atoms with Crippen molar-refractivity contribution < 1.29 is 5.11 Å². The van der Waals surface area contributed by atoms with Crippen LogP contribution in [0.15, 0.2) is 60.7 Å². The lowest BCUT2D eigenvalue weighted by Gasteiger charge is -2.40. The second-order valence-corrected chi connectivity index (χ2v) is 7.09. The van der Waals surface area contributed by atoms with Crippen molar-refractivity contribution in [2.24, 2.45) is 0 Å². The van der Waals surface area contributed by atoms with Gasteiger partial charge in [-0.2, -0.15) is 0 Å². The fourth-order valence-corrected chi connectivity index (χ4v) is 3.97. The third-order valence-corrected chi connectivity index (χ3v) is 5.52. The number of aliphatic hydroxyl groups excluding tert-OH is 1. The number of nitrogens with zero attached hydrogens (tertiary/aromatic N) is 1. The molecule has 24 heavy (non-hydrogen) atoms. The summed E-state index contributed by atoms with van der Waals surface area (Å²) in [6.07, 6.45) is 6.58. The highest BCUT2D eigenvalue weighted by molar-refractivity contribution is 5.17. The van der Waals surface area contributed by atoms with E-state index in [-0.39, 0.29) is 6.10 Å². The summed E-state index contributed by atoms with van der Waals surface area (Å²) in [4.78, 5) is 2.53. The van der Waals surface area contributed by atoms with Crippen molar-refractivity contribution in [2.45, 2.75) is 56.7 Å². The van der Waals surface area contributed by atoms with Crippen LogP contribution in [0.3, 0.4) is 0 Å². The maximum atomic E-state index is 10.6. The second kappa shape index (κ2) is 8.46. The smallest absolute Gasteiger partial charge is 0.0805 e. The Bertz CT molecular complexity index is 598. The summed E-state index contributed by atoms with van der Waals surface area (Å²) >= 11 is 0. The van der Waals surface area contributed by atoms with Gasteiger partial charge in [-0.05, 0) is 50.3 Å². The molecule has 1 fully saturated rings. The van der Waals surface area contributed by atoms with Gasteiger partial charge in [0.1, 0.15) is 0 Å². The highest BCUT2D eigenvalue weighted by Gasteiger charge is 2.29. The summed E-state index contributed by atoms with van der Waals surface area (Å²) in [6, 6.07) is 22.0. The number of likely N-dealkylation sites (tertiary alicyclic amines) is 1. The largest absolute Gasteiger partial charge is 0.388 e. The molecule has 0 unspecified atom stereocenters. The molecule has 3 rings (SSSR count). The predicted molar refractivity (Wildman–Crippen MR) is 100.0 cm³/mol. The first-order chi connectivity index (χ1) is 11.7. The molecule has 0 radical (unpaired) electrons. The first kappa shape index (κ1) is 17.2. The summed E-state index contributed by atoms with van der Waals surface area (Å²) in [5, 5.41) is 10.6. The molecule has 0 aliphatic carbocycles. The number of benzene rings is 2. The topological polar surface area (TPSA) is 23.5 Å². The fraction of sp³-hybridized carbons (Fsp3) is 0.455. The van der Waals surface area contributed by atoms with Gasteiger partial charge in [0.15, 0.2) is 0 Å². The van der Waals surface area contributed by atoms with Gasteiger partial charge in [-0.3, -0.25) is 0 Å². The second-order valence-electron chi connectivity index (χ2n) is 7.09. The minimum absolute atomic E-state index is 0.355. The van der Waals surface area contributed by atoms with E-state index in [1.807, 2.05) is 30.3 Å². The van der Waals surface area contributed by atoms with Gasteiger partial charge in [-0.1, -0.05) is 67.1 Å². The highest BCUT2D eigenvalue weighted by Crippen LogP contribution is 2.30. The van der Waals surface area contributed by atoms with E-state index in [0.29, 0.717) is 12.1 Å². The minimum Gasteiger partial charge on any atom is -0.388 e. The van der Waals surface area contributed by atoms with Crippen LogP contribution in [0.2, 0.25) is 0 Å². The SMILES string of the molecule is CN1[C@@H](CCc2ccccc2)CCC[C@H]1C[C@H](O)c1ccccc1. The first-order valence-electron chi connectivity index (χ1n) is 9.23. The van der Waals surface area contributed by atoms with Crippen LogP contribution in [0, 0.1) is 0 Å². The normalized spacial score (nSPS) is 23.1. The Morgan fingerprint density at radius 2 is 1.58 bits per heavy atom. The predicted octanol–water partition coefficient (Wildman–Crippen LogP) is 4.60. The third-order valence-electron chi connectivity index (χ3n) is 5.52. The number of hydrogen-bond acceptors (Lipinski definition) is 2. The van der Waals surface area contributed by atoms with E-state index >= 15 is 0 Å². The van der Waals surface area contributed by atoms with Crippen LogP contribution in [0.25, 0.3) is 0 Å². The van der Waals surface area contributed by atoms with Gasteiger partial charge in [0.05, 0.1) is 6.10 Å². The van der Waals surface area contributed by atoms with Gasteiger partial charge in [0.2, 0.25) is 0 Å². The Kier molecular flexibility index (Phi) is 6.06. The van der Waals surface area contributed by atoms with Gasteiger partial charge in [0.25, 0.3) is 0 Å². The van der Waals surface area contributed by atoms with E-state index in [9.17, 15) is 5.11 Å². The summed E-state index contributed by atoms with van der Waals surface area (Å²) in [5.74, 6) is 0. The van der Waals surface area contributed by atoms with E-state index in [1.165, 1.54) is 31.2 Å². The molecule has 1 aliphatic heterocycles. The lowest BCUT2D eigenvalue weighted by Crippen LogP contribution is -2.44. The Morgan fingerprint density at radius 1 is 0.958 bits per heavy atom. The number of rotatable bonds is 6. The van der Waals surface area contributed by atoms with Crippen molar-refractivity contribution in [2.75, 3.05) is 7.05 Å². The molecule has 2 heteroatoms. The van der Waals surface area contributed by atoms with Crippen LogP contribution in [0.5, 0.6) is 0 Å². The molecule has 128 valence electrons. The molecule has 2 nitrogen and oxygen atoms in total. The van der Waals surface area contributed by atoms with Crippen molar-refractivity contribution in [3.05, 3.63) is 71.8 Å². The molecular formula is C22H29NO. The number of piperidine rings is 1. The van der Waals surface area contributed by atoms with E-state index in [4.69, 9.17) is 0 Å². The average Bonchev–Trinajstić information content (AvgIpc) is 2.64. The van der Waals surface area contributed by atoms with Gasteiger partial charge in [0, 0.05) is 12.1 Å². The first-order valence-corrected chi connectivity index (χ1v) is 9.23. The quantitative estimate of drug-likeness (QED) is 0.840. The molecule has 0 aromatic heterocycles. The Balaban J connectivity index is 1.55. The molecule has 0 spiro atoms. The van der Waals surface area contributed by atoms with Crippen molar-refractivity contribution in [3.8, 4) is 0 Å². The van der Waals surface area contributed by atoms with Crippen LogP contribution in [-0.4, -0.2) is 29.1 Å². The van der Waals surface area contributed by atoms with Crippen LogP contribution in [-0.2, 0) is 6.42 Å². The summed E-state index contributed by atoms with van der Waals surface area (Å²) in [5.41, 5.74) is 2.47. The zero-order valence-electron chi connectivity index (χ0n) is 14.6. The number of hydrogen-bond donors (Lipinski definition) is 1. The van der Waals surface area contributed by atoms with E-state index in [2.05, 4.69) is 42.3 Å². The zero-order chi connectivity index (χ0) is 16.8. The van der Waals surface area contributed by atoms with Crippen molar-refractivity contribution in [3.63, 3.8) is 0 Å². The van der Waals surface area contributed by atoms with Crippen LogP contribution >= 0.6 is 0 Å². The van der Waals surface area contributed by atoms with Crippen molar-refractivity contribution in [1.29, 1.82) is 0 Å². The summed E-state index contributed by atoms with van der Waals surface area (Å²) in [7, 11) is 2.25. The molecule has 2 aromatic carbocycles. The van der Waals surface area contributed by atoms with Crippen molar-refractivity contribution >= 4 is 0 Å². The molecule has 1 heterocycles. The van der Waals surface area contributed by atoms with E-state index < -0.39 is 0 Å². The van der Waals surface area contributed by atoms with Gasteiger partial charge in [-0.25, -0.2) is 0 Å². The number of aliphatic hydroxyl groups is 1. The molecule has 3 atom stereocenters. The van der Waals surface area contributed by atoms with Gasteiger partial charge in [-0.15, -0.1) is 0 Å². The molecular weight excluding hydrogens is 294 g/mol. The Hall–Kier alpha value is -1.64. The van der Waals surface area contributed by atoms with Gasteiger partial charge >= 0.3 is 0 Å². The maximum absolute atomic E-state index is 10.6. The van der Waals surface area contributed by atoms with E-state index in [1.54, 1.807) is 0 Å². The molecule has 1 aliphatic rings. The summed E-state index contributed by atoms with van der Waals surface area (Å²) < 4.78 is 0. The lowest BCUT2D eigenvalue weighted by atomic mass is 9.88. The molecule has 0 saturated carbocycles. The third kappa shape index (κ3) is 4.46. The van der Waals surface area contributed by atoms with Crippen LogP contribution < -0.4 is 0 Å². The number of aryl methyl sites for hydroxylation is 1. The standard InChI is InChI=1S/C22H29NO/c1-23-20(16-15-18-9-4-2-5-10-18)13-8-14-21(23)17-22(24)19-11-6-3-7-12-19/h2-7,9-12,20-22,24H,8,13-17H2,1H3/t20-,21+,22+/m1/s1. The van der Waals surface area contributed by atoms with Crippen LogP contribution in [0.4, 0.5) is 0 Å². The Morgan fingerprint density at radius 3 is 2.29 bits per heavy atom. The zero-order valence-corrected chi connectivity index (χ0v) is 14.6. The Labute approximate surface area is 146 Å². The average molecular weight is 323 g/mol. The minimum atomic E-state index is -0.355. The molecule has 1 saturated heterocycles. The lowest BCUT2D eigenvalue weighted by molar-refractivity contribution is 0.0585. The fourth-order valence-electron chi connectivity index (χ4n) is 3.97. The summed E-state index contributed by atoms with van der Waals surface area (Å²) in [6.45, 7) is 0. The van der Waals surface area contributed by atoms with Crippen molar-refractivity contribution in [1.82, 2.24) is 4.90 Å². The van der Waals surface area contributed by atoms with Crippen LogP contribution in [0.1, 0.15) is 49.3 Å². The monoisotopic (exact) mass is 323 g/mol. The van der Waals surface area contributed by atoms with Gasteiger partial charge < -0.3 is 10.0 Å². The van der Waals surface area contributed by atoms with E-state index in [0.717, 1.165) is 18.4 Å². The highest BCUT2D eigenvalue weighted by atomic mass is 16.3. The maximum Gasteiger partial charge on any atom is 0.0805 e. The molecule has 1 N–H and O–H groups in total. The molecule has 2 aromatic rings. The molecule has 0 bridgehead atoms.